The van der Waals surface area contributed by atoms with E-state index in [9.17, 15) is 24.3 Å². The largest absolute Gasteiger partial charge is 0.493 e. The molecule has 0 radical (unpaired) electrons. The highest BCUT2D eigenvalue weighted by atomic mass is 16.5. The first-order valence-corrected chi connectivity index (χ1v) is 17.0. The maximum absolute atomic E-state index is 14.1. The molecular weight excluding hydrogens is 614 g/mol. The fraction of sp³-hybridized carbons (Fsp3) is 0.568. The Kier molecular flexibility index (Phi) is 13.4. The van der Waals surface area contributed by atoms with Crippen LogP contribution in [0.4, 0.5) is 0 Å². The number of aliphatic hydroxyl groups is 1. The van der Waals surface area contributed by atoms with Crippen LogP contribution in [0.5, 0.6) is 11.5 Å². The summed E-state index contributed by atoms with van der Waals surface area (Å²) in [6, 6.07) is 12.3. The Labute approximate surface area is 283 Å². The number of carbonyl (C=O) groups excluding carboxylic acids is 4. The van der Waals surface area contributed by atoms with E-state index in [0.29, 0.717) is 55.6 Å². The minimum Gasteiger partial charge on any atom is -0.493 e. The van der Waals surface area contributed by atoms with Crippen LogP contribution in [0, 0.1) is 11.8 Å². The Bertz CT molecular complexity index is 1380. The van der Waals surface area contributed by atoms with Gasteiger partial charge in [-0.15, -0.1) is 0 Å². The van der Waals surface area contributed by atoms with Gasteiger partial charge in [-0.1, -0.05) is 62.1 Å². The third kappa shape index (κ3) is 11.3. The number of ketones is 1. The summed E-state index contributed by atoms with van der Waals surface area (Å²) in [6.07, 6.45) is 5.30. The standard InChI is InChI=1S/C37H51N3O8/c1-24(38-33(41)21-37(2,3)45)35(43)40-30(19-27-14-15-31(46-4)32(20-27)48-22-26-12-6-5-7-13-26)36(44)39-29(18-25-10-8-9-11-25)34(42)28-16-17-47-23-28/h5-7,12-15,20,24-25,28-30,45H,8-11,16-19,21-23H2,1-4H3,(H,38,41)(H,39,44)(H,40,43)/t24-,28+,29+,30+/m1/s1. The molecule has 11 nitrogen and oxygen atoms in total. The van der Waals surface area contributed by atoms with Gasteiger partial charge >= 0.3 is 0 Å². The molecule has 2 aromatic rings. The summed E-state index contributed by atoms with van der Waals surface area (Å²) in [5, 5.41) is 18.4. The number of hydrogen-bond acceptors (Lipinski definition) is 8. The third-order valence-electron chi connectivity index (χ3n) is 8.94. The fourth-order valence-electron chi connectivity index (χ4n) is 6.33. The van der Waals surface area contributed by atoms with Crippen molar-refractivity contribution in [2.75, 3.05) is 20.3 Å². The number of hydrogen-bond donors (Lipinski definition) is 4. The molecule has 4 rings (SSSR count). The van der Waals surface area contributed by atoms with Gasteiger partial charge in [0, 0.05) is 18.9 Å². The molecule has 4 N–H and O–H groups in total. The Morgan fingerprint density at radius 2 is 1.62 bits per heavy atom. The number of carbonyl (C=O) groups is 4. The van der Waals surface area contributed by atoms with Crippen molar-refractivity contribution in [2.45, 2.75) is 102 Å². The van der Waals surface area contributed by atoms with Crippen LogP contribution in [0.15, 0.2) is 48.5 Å². The van der Waals surface area contributed by atoms with Crippen molar-refractivity contribution in [1.29, 1.82) is 0 Å². The van der Waals surface area contributed by atoms with E-state index in [0.717, 1.165) is 31.2 Å². The van der Waals surface area contributed by atoms with Gasteiger partial charge in [-0.2, -0.15) is 0 Å². The zero-order valence-corrected chi connectivity index (χ0v) is 28.6. The van der Waals surface area contributed by atoms with E-state index in [4.69, 9.17) is 14.2 Å². The van der Waals surface area contributed by atoms with Gasteiger partial charge in [0.2, 0.25) is 17.7 Å². The summed E-state index contributed by atoms with van der Waals surface area (Å²) >= 11 is 0. The molecule has 0 bridgehead atoms. The molecule has 4 atom stereocenters. The predicted molar refractivity (Wildman–Crippen MR) is 180 cm³/mol. The highest BCUT2D eigenvalue weighted by molar-refractivity contribution is 5.95. The molecule has 262 valence electrons. The van der Waals surface area contributed by atoms with Gasteiger partial charge in [-0.25, -0.2) is 0 Å². The van der Waals surface area contributed by atoms with Crippen molar-refractivity contribution in [1.82, 2.24) is 16.0 Å². The molecule has 0 aromatic heterocycles. The van der Waals surface area contributed by atoms with Crippen LogP contribution >= 0.6 is 0 Å². The monoisotopic (exact) mass is 665 g/mol. The molecule has 3 amide bonds. The summed E-state index contributed by atoms with van der Waals surface area (Å²) in [6.45, 7) is 5.69. The summed E-state index contributed by atoms with van der Waals surface area (Å²) in [5.41, 5.74) is 0.421. The average Bonchev–Trinajstić information content (AvgIpc) is 3.77. The number of rotatable bonds is 17. The van der Waals surface area contributed by atoms with Crippen molar-refractivity contribution in [2.24, 2.45) is 11.8 Å². The molecule has 1 heterocycles. The Morgan fingerprint density at radius 3 is 2.27 bits per heavy atom. The molecule has 48 heavy (non-hydrogen) atoms. The second-order valence-corrected chi connectivity index (χ2v) is 13.7. The van der Waals surface area contributed by atoms with Crippen LogP contribution in [-0.4, -0.2) is 72.7 Å². The number of methoxy groups -OCH3 is 1. The molecule has 1 saturated carbocycles. The molecule has 1 saturated heterocycles. The highest BCUT2D eigenvalue weighted by Crippen LogP contribution is 2.31. The van der Waals surface area contributed by atoms with Crippen LogP contribution in [0.3, 0.4) is 0 Å². The molecule has 0 unspecified atom stereocenters. The lowest BCUT2D eigenvalue weighted by atomic mass is 9.89. The van der Waals surface area contributed by atoms with Crippen molar-refractivity contribution in [3.8, 4) is 11.5 Å². The number of Topliss-reactive ketones (excluding diaryl/α,β-unsaturated/α-hetero) is 1. The summed E-state index contributed by atoms with van der Waals surface area (Å²) in [7, 11) is 1.55. The molecular formula is C37H51N3O8. The molecule has 1 aliphatic heterocycles. The maximum Gasteiger partial charge on any atom is 0.243 e. The summed E-state index contributed by atoms with van der Waals surface area (Å²) in [5.74, 6) is -0.537. The normalized spacial score (nSPS) is 18.4. The lowest BCUT2D eigenvalue weighted by Gasteiger charge is -2.27. The predicted octanol–water partition coefficient (Wildman–Crippen LogP) is 3.64. The van der Waals surface area contributed by atoms with Gasteiger partial charge in [-0.3, -0.25) is 19.2 Å². The van der Waals surface area contributed by atoms with Crippen molar-refractivity contribution >= 4 is 23.5 Å². The quantitative estimate of drug-likeness (QED) is 0.200. The second-order valence-electron chi connectivity index (χ2n) is 13.7. The molecule has 2 aliphatic rings. The number of ether oxygens (including phenoxy) is 3. The van der Waals surface area contributed by atoms with Gasteiger partial charge in [0.05, 0.1) is 31.8 Å². The lowest BCUT2D eigenvalue weighted by molar-refractivity contribution is -0.134. The first-order valence-electron chi connectivity index (χ1n) is 17.0. The zero-order valence-electron chi connectivity index (χ0n) is 28.6. The molecule has 2 fully saturated rings. The number of benzene rings is 2. The first-order chi connectivity index (χ1) is 22.9. The second kappa shape index (κ2) is 17.4. The Balaban J connectivity index is 1.55. The highest BCUT2D eigenvalue weighted by Gasteiger charge is 2.35. The van der Waals surface area contributed by atoms with Crippen LogP contribution < -0.4 is 25.4 Å². The van der Waals surface area contributed by atoms with E-state index in [1.165, 1.54) is 20.8 Å². The average molecular weight is 666 g/mol. The molecule has 2 aromatic carbocycles. The van der Waals surface area contributed by atoms with E-state index >= 15 is 0 Å². The minimum atomic E-state index is -1.25. The smallest absolute Gasteiger partial charge is 0.243 e. The Hall–Kier alpha value is -3.96. The van der Waals surface area contributed by atoms with Crippen molar-refractivity contribution in [3.05, 3.63) is 59.7 Å². The van der Waals surface area contributed by atoms with Gasteiger partial charge in [0.25, 0.3) is 0 Å². The van der Waals surface area contributed by atoms with E-state index in [1.807, 2.05) is 30.3 Å². The van der Waals surface area contributed by atoms with Crippen molar-refractivity contribution < 1.29 is 38.5 Å². The van der Waals surface area contributed by atoms with Gasteiger partial charge < -0.3 is 35.3 Å². The fourth-order valence-corrected chi connectivity index (χ4v) is 6.33. The van der Waals surface area contributed by atoms with Crippen LogP contribution in [0.25, 0.3) is 0 Å². The minimum absolute atomic E-state index is 0.0360. The zero-order chi connectivity index (χ0) is 34.7. The third-order valence-corrected chi connectivity index (χ3v) is 8.94. The summed E-state index contributed by atoms with van der Waals surface area (Å²) < 4.78 is 17.1. The van der Waals surface area contributed by atoms with Gasteiger partial charge in [-0.05, 0) is 62.8 Å². The lowest BCUT2D eigenvalue weighted by Crippen LogP contribution is -2.56. The van der Waals surface area contributed by atoms with Crippen LogP contribution in [0.1, 0.15) is 76.8 Å². The Morgan fingerprint density at radius 1 is 0.917 bits per heavy atom. The van der Waals surface area contributed by atoms with E-state index in [1.54, 1.807) is 25.3 Å². The van der Waals surface area contributed by atoms with E-state index < -0.39 is 41.4 Å². The van der Waals surface area contributed by atoms with Gasteiger partial charge in [0.15, 0.2) is 17.3 Å². The molecule has 1 aliphatic carbocycles. The topological polar surface area (TPSA) is 152 Å². The number of amides is 3. The number of nitrogens with one attached hydrogen (secondary N) is 3. The summed E-state index contributed by atoms with van der Waals surface area (Å²) in [4.78, 5) is 53.5. The van der Waals surface area contributed by atoms with E-state index in [-0.39, 0.29) is 24.5 Å². The molecule has 0 spiro atoms. The maximum atomic E-state index is 14.1. The van der Waals surface area contributed by atoms with Crippen molar-refractivity contribution in [3.63, 3.8) is 0 Å². The molecule has 11 heteroatoms. The van der Waals surface area contributed by atoms with E-state index in [2.05, 4.69) is 16.0 Å². The van der Waals surface area contributed by atoms with Crippen LogP contribution in [0.2, 0.25) is 0 Å². The van der Waals surface area contributed by atoms with Gasteiger partial charge in [0.1, 0.15) is 18.7 Å². The van der Waals surface area contributed by atoms with Crippen LogP contribution in [-0.2, 0) is 36.9 Å². The SMILES string of the molecule is COc1ccc(C[C@H](NC(=O)[C@@H](C)NC(=O)CC(C)(C)O)C(=O)N[C@@H](CC2CCCC2)C(=O)[C@H]2CCOC2)cc1OCc1ccccc1. The first kappa shape index (κ1) is 36.9.